The minimum absolute atomic E-state index is 0.0451. The molecule has 0 spiro atoms. The minimum Gasteiger partial charge on any atom is -0.494 e. The summed E-state index contributed by atoms with van der Waals surface area (Å²) in [6.07, 6.45) is 1.58. The van der Waals surface area contributed by atoms with Gasteiger partial charge in [-0.25, -0.2) is 4.98 Å². The van der Waals surface area contributed by atoms with E-state index in [4.69, 9.17) is 9.31 Å². The van der Waals surface area contributed by atoms with Crippen LogP contribution in [-0.2, 0) is 18.9 Å². The van der Waals surface area contributed by atoms with Crippen LogP contribution in [-0.4, -0.2) is 49.1 Å². The Kier molecular flexibility index (Phi) is 3.98. The molecule has 0 atom stereocenters. The average molecular weight is 313 g/mol. The van der Waals surface area contributed by atoms with Gasteiger partial charge < -0.3 is 9.31 Å². The summed E-state index contributed by atoms with van der Waals surface area (Å²) in [6, 6.07) is 3.35. The third kappa shape index (κ3) is 3.08. The molecule has 6 nitrogen and oxygen atoms in total. The second-order valence-corrected chi connectivity index (χ2v) is 4.62. The summed E-state index contributed by atoms with van der Waals surface area (Å²) in [5.74, 6) is -0.906. The predicted octanol–water partition coefficient (Wildman–Crippen LogP) is -0.429. The molecule has 18 heavy (non-hydrogen) atoms. The molecule has 0 N–H and O–H groups in total. The summed E-state index contributed by atoms with van der Waals surface area (Å²) in [5, 5.41) is 0. The Morgan fingerprint density at radius 1 is 1.33 bits per heavy atom. The molecule has 0 saturated carbocycles. The summed E-state index contributed by atoms with van der Waals surface area (Å²) in [5.41, 5.74) is 0.503. The zero-order chi connectivity index (χ0) is 13.1. The number of likely N-dealkylation sites (N-methyl/N-ethyl adjacent to an activating group) is 1. The number of halogens is 1. The number of carbonyl (C=O) groups excluding carboxylic acids is 2. The van der Waals surface area contributed by atoms with Gasteiger partial charge in [0.25, 0.3) is 0 Å². The fourth-order valence-corrected chi connectivity index (χ4v) is 1.97. The fourth-order valence-electron chi connectivity index (χ4n) is 1.54. The van der Waals surface area contributed by atoms with Gasteiger partial charge in [0, 0.05) is 11.7 Å². The lowest BCUT2D eigenvalue weighted by molar-refractivity contribution is -0.145. The topological polar surface area (TPSA) is 68.7 Å². The molecule has 1 fully saturated rings. The third-order valence-electron chi connectivity index (χ3n) is 2.32. The summed E-state index contributed by atoms with van der Waals surface area (Å²) in [6.45, 7) is 0.0902. The Labute approximate surface area is 113 Å². The molecule has 0 aliphatic carbocycles. The van der Waals surface area contributed by atoms with E-state index in [2.05, 4.69) is 20.9 Å². The highest BCUT2D eigenvalue weighted by Gasteiger charge is 2.35. The van der Waals surface area contributed by atoms with Crippen LogP contribution < -0.4 is 5.46 Å². The quantitative estimate of drug-likeness (QED) is 0.518. The molecule has 1 aromatic heterocycles. The highest BCUT2D eigenvalue weighted by molar-refractivity contribution is 9.10. The molecule has 8 heteroatoms. The van der Waals surface area contributed by atoms with E-state index in [9.17, 15) is 9.59 Å². The fraction of sp³-hybridized carbons (Fsp3) is 0.300. The van der Waals surface area contributed by atoms with E-state index in [1.54, 1.807) is 25.4 Å². The number of carbonyl (C=O) groups is 2. The van der Waals surface area contributed by atoms with Crippen molar-refractivity contribution in [2.24, 2.45) is 0 Å². The van der Waals surface area contributed by atoms with Gasteiger partial charge >= 0.3 is 19.1 Å². The first-order valence-electron chi connectivity index (χ1n) is 5.24. The third-order valence-corrected chi connectivity index (χ3v) is 2.98. The van der Waals surface area contributed by atoms with Crippen LogP contribution in [0.15, 0.2) is 22.9 Å². The van der Waals surface area contributed by atoms with Crippen LogP contribution in [0.1, 0.15) is 0 Å². The zero-order valence-corrected chi connectivity index (χ0v) is 11.2. The van der Waals surface area contributed by atoms with Gasteiger partial charge in [-0.1, -0.05) is 6.07 Å². The van der Waals surface area contributed by atoms with Crippen LogP contribution in [0.25, 0.3) is 0 Å². The van der Waals surface area contributed by atoms with Gasteiger partial charge in [-0.05, 0) is 29.0 Å². The highest BCUT2D eigenvalue weighted by atomic mass is 79.9. The molecule has 0 bridgehead atoms. The standard InChI is InChI=1S/C10H10BBrN2O4/c1-14-5-8(15)17-11(18-9(16)6-14)7-3-2-4-13-10(7)12/h2-4H,5-6H2,1H3. The number of hydrogen-bond acceptors (Lipinski definition) is 6. The number of nitrogens with zero attached hydrogens (tertiary/aromatic N) is 2. The molecule has 1 aromatic rings. The van der Waals surface area contributed by atoms with Crippen LogP contribution in [0.5, 0.6) is 0 Å². The number of aromatic nitrogens is 1. The summed E-state index contributed by atoms with van der Waals surface area (Å²) >= 11 is 3.22. The lowest BCUT2D eigenvalue weighted by Crippen LogP contribution is -2.48. The van der Waals surface area contributed by atoms with E-state index in [0.717, 1.165) is 0 Å². The first kappa shape index (κ1) is 13.0. The van der Waals surface area contributed by atoms with Gasteiger partial charge in [-0.2, -0.15) is 0 Å². The van der Waals surface area contributed by atoms with Crippen molar-refractivity contribution < 1.29 is 18.9 Å². The number of pyridine rings is 1. The Morgan fingerprint density at radius 2 is 1.94 bits per heavy atom. The molecule has 1 aliphatic heterocycles. The van der Waals surface area contributed by atoms with Crippen molar-refractivity contribution in [3.05, 3.63) is 22.9 Å². The van der Waals surface area contributed by atoms with Crippen molar-refractivity contribution in [1.29, 1.82) is 0 Å². The molecule has 0 amide bonds. The first-order valence-corrected chi connectivity index (χ1v) is 6.03. The number of rotatable bonds is 1. The van der Waals surface area contributed by atoms with Gasteiger partial charge in [-0.3, -0.25) is 14.5 Å². The van der Waals surface area contributed by atoms with E-state index in [1.807, 2.05) is 0 Å². The van der Waals surface area contributed by atoms with Gasteiger partial charge in [0.1, 0.15) is 4.60 Å². The maximum absolute atomic E-state index is 11.6. The maximum atomic E-state index is 11.6. The molecular formula is C10H10BBrN2O4. The molecule has 2 heterocycles. The first-order chi connectivity index (χ1) is 8.56. The van der Waals surface area contributed by atoms with Gasteiger partial charge in [0.2, 0.25) is 0 Å². The second kappa shape index (κ2) is 5.49. The minimum atomic E-state index is -1.05. The summed E-state index contributed by atoms with van der Waals surface area (Å²) in [4.78, 5) is 28.6. The van der Waals surface area contributed by atoms with E-state index < -0.39 is 19.1 Å². The van der Waals surface area contributed by atoms with Crippen LogP contribution in [0, 0.1) is 0 Å². The number of hydrogen-bond donors (Lipinski definition) is 0. The Balaban J connectivity index is 2.24. The Morgan fingerprint density at radius 3 is 2.50 bits per heavy atom. The Hall–Kier alpha value is -1.41. The van der Waals surface area contributed by atoms with Crippen LogP contribution in [0.2, 0.25) is 0 Å². The molecular weight excluding hydrogens is 303 g/mol. The molecule has 1 aliphatic rings. The molecule has 94 valence electrons. The summed E-state index contributed by atoms with van der Waals surface area (Å²) < 4.78 is 10.7. The van der Waals surface area contributed by atoms with Crippen LogP contribution >= 0.6 is 15.9 Å². The van der Waals surface area contributed by atoms with E-state index in [-0.39, 0.29) is 13.1 Å². The SMILES string of the molecule is CN1CC(=O)OB(c2cccnc2Br)OC(=O)C1. The Bertz CT molecular complexity index is 465. The normalized spacial score (nSPS) is 17.8. The van der Waals surface area contributed by atoms with Gasteiger partial charge in [-0.15, -0.1) is 0 Å². The van der Waals surface area contributed by atoms with Crippen LogP contribution in [0.3, 0.4) is 0 Å². The lowest BCUT2D eigenvalue weighted by atomic mass is 9.80. The van der Waals surface area contributed by atoms with Crippen molar-refractivity contribution in [2.75, 3.05) is 20.1 Å². The van der Waals surface area contributed by atoms with Crippen molar-refractivity contribution in [3.63, 3.8) is 0 Å². The van der Waals surface area contributed by atoms with Crippen molar-refractivity contribution >= 4 is 40.4 Å². The lowest BCUT2D eigenvalue weighted by Gasteiger charge is -2.22. The van der Waals surface area contributed by atoms with E-state index in [0.29, 0.717) is 10.1 Å². The van der Waals surface area contributed by atoms with Crippen molar-refractivity contribution in [2.45, 2.75) is 0 Å². The van der Waals surface area contributed by atoms with Crippen molar-refractivity contribution in [3.8, 4) is 0 Å². The predicted molar refractivity (Wildman–Crippen MR) is 67.0 cm³/mol. The molecule has 0 radical (unpaired) electrons. The smallest absolute Gasteiger partial charge is 0.494 e. The zero-order valence-electron chi connectivity index (χ0n) is 9.63. The molecule has 1 saturated heterocycles. The average Bonchev–Trinajstić information content (AvgIpc) is 2.26. The van der Waals surface area contributed by atoms with Crippen molar-refractivity contribution in [1.82, 2.24) is 9.88 Å². The molecule has 2 rings (SSSR count). The molecule has 0 aromatic carbocycles. The van der Waals surface area contributed by atoms with E-state index >= 15 is 0 Å². The molecule has 0 unspecified atom stereocenters. The monoisotopic (exact) mass is 312 g/mol. The highest BCUT2D eigenvalue weighted by Crippen LogP contribution is 2.07. The second-order valence-electron chi connectivity index (χ2n) is 3.87. The van der Waals surface area contributed by atoms with Gasteiger partial charge in [0.05, 0.1) is 13.1 Å². The largest absolute Gasteiger partial charge is 0.639 e. The summed E-state index contributed by atoms with van der Waals surface area (Å²) in [7, 11) is 0.588. The maximum Gasteiger partial charge on any atom is 0.639 e. The van der Waals surface area contributed by atoms with Crippen LogP contribution in [0.4, 0.5) is 0 Å². The van der Waals surface area contributed by atoms with Gasteiger partial charge in [0.15, 0.2) is 0 Å². The van der Waals surface area contributed by atoms with E-state index in [1.165, 1.54) is 4.90 Å².